The molecule has 3 aromatic rings. The molecule has 5 heteroatoms. The van der Waals surface area contributed by atoms with Gasteiger partial charge in [0.1, 0.15) is 5.70 Å². The molecule has 0 aliphatic carbocycles. The number of amides is 2. The van der Waals surface area contributed by atoms with E-state index in [2.05, 4.69) is 12.1 Å². The first-order chi connectivity index (χ1) is 15.1. The molecule has 31 heavy (non-hydrogen) atoms. The van der Waals surface area contributed by atoms with Gasteiger partial charge in [0, 0.05) is 18.1 Å². The molecule has 0 fully saturated rings. The summed E-state index contributed by atoms with van der Waals surface area (Å²) in [5.74, 6) is -0.607. The summed E-state index contributed by atoms with van der Waals surface area (Å²) in [5, 5.41) is 0.528. The molecule has 0 bridgehead atoms. The Bertz CT molecular complexity index is 1230. The average Bonchev–Trinajstić information content (AvgIpc) is 3.06. The predicted octanol–water partition coefficient (Wildman–Crippen LogP) is 4.99. The Hall–Kier alpha value is -3.37. The summed E-state index contributed by atoms with van der Waals surface area (Å²) in [6, 6.07) is 23.0. The van der Waals surface area contributed by atoms with Gasteiger partial charge in [-0.05, 0) is 47.7 Å². The first-order valence-electron chi connectivity index (χ1n) is 10.3. The molecule has 2 aliphatic rings. The highest BCUT2D eigenvalue weighted by Crippen LogP contribution is 2.38. The van der Waals surface area contributed by atoms with Gasteiger partial charge in [-0.2, -0.15) is 0 Å². The van der Waals surface area contributed by atoms with E-state index in [0.29, 0.717) is 40.6 Å². The quantitative estimate of drug-likeness (QED) is 0.552. The van der Waals surface area contributed by atoms with Crippen LogP contribution in [0.25, 0.3) is 5.57 Å². The second-order valence-electron chi connectivity index (χ2n) is 7.86. The van der Waals surface area contributed by atoms with E-state index in [1.165, 1.54) is 16.0 Å². The zero-order chi connectivity index (χ0) is 21.5. The smallest absolute Gasteiger partial charge is 0.282 e. The van der Waals surface area contributed by atoms with Gasteiger partial charge in [0.25, 0.3) is 11.8 Å². The minimum Gasteiger partial charge on any atom is -0.362 e. The molecule has 5 rings (SSSR count). The van der Waals surface area contributed by atoms with Gasteiger partial charge in [-0.15, -0.1) is 0 Å². The van der Waals surface area contributed by atoms with Gasteiger partial charge < -0.3 is 4.90 Å². The third-order valence-electron chi connectivity index (χ3n) is 6.05. The molecule has 0 saturated heterocycles. The summed E-state index contributed by atoms with van der Waals surface area (Å²) < 4.78 is 0. The number of imide groups is 1. The van der Waals surface area contributed by atoms with Crippen molar-refractivity contribution in [3.63, 3.8) is 0 Å². The second kappa shape index (κ2) is 7.71. The van der Waals surface area contributed by atoms with Gasteiger partial charge in [0.2, 0.25) is 0 Å². The van der Waals surface area contributed by atoms with Crippen LogP contribution in [0.2, 0.25) is 5.02 Å². The topological polar surface area (TPSA) is 40.6 Å². The Morgan fingerprint density at radius 3 is 2.29 bits per heavy atom. The molecule has 2 aliphatic heterocycles. The first kappa shape index (κ1) is 19.6. The van der Waals surface area contributed by atoms with Crippen LogP contribution >= 0.6 is 11.6 Å². The lowest BCUT2D eigenvalue weighted by molar-refractivity contribution is -0.120. The highest BCUT2D eigenvalue weighted by Gasteiger charge is 2.43. The van der Waals surface area contributed by atoms with Crippen LogP contribution in [0.1, 0.15) is 22.3 Å². The Balaban J connectivity index is 1.64. The van der Waals surface area contributed by atoms with Crippen molar-refractivity contribution in [2.75, 3.05) is 11.4 Å². The third kappa shape index (κ3) is 3.24. The molecule has 0 atom stereocenters. The molecule has 0 radical (unpaired) electrons. The average molecular weight is 429 g/mol. The van der Waals surface area contributed by atoms with Crippen molar-refractivity contribution in [2.45, 2.75) is 19.9 Å². The number of benzene rings is 3. The number of fused-ring (bicyclic) bond motifs is 1. The number of rotatable bonds is 3. The van der Waals surface area contributed by atoms with Crippen molar-refractivity contribution in [3.05, 3.63) is 106 Å². The summed E-state index contributed by atoms with van der Waals surface area (Å²) in [6.45, 7) is 3.11. The van der Waals surface area contributed by atoms with E-state index in [9.17, 15) is 9.59 Å². The first-order valence-corrected chi connectivity index (χ1v) is 10.7. The maximum atomic E-state index is 13.7. The van der Waals surface area contributed by atoms with Crippen molar-refractivity contribution in [1.29, 1.82) is 0 Å². The van der Waals surface area contributed by atoms with E-state index < -0.39 is 0 Å². The molecule has 0 unspecified atom stereocenters. The number of carbonyl (C=O) groups is 2. The summed E-state index contributed by atoms with van der Waals surface area (Å²) in [5.41, 5.74) is 5.38. The maximum Gasteiger partial charge on any atom is 0.282 e. The molecule has 2 heterocycles. The highest BCUT2D eigenvalue weighted by molar-refractivity contribution is 6.46. The summed E-state index contributed by atoms with van der Waals surface area (Å²) in [4.78, 5) is 30.7. The second-order valence-corrected chi connectivity index (χ2v) is 8.27. The standard InChI is InChI=1S/C26H21ClN2O2/c1-17-21(27)12-7-13-22(17)29-25(30)23(19-9-3-2-4-10-19)24(26(29)31)28-15-14-18-8-5-6-11-20(18)16-28/h2-13H,14-16H2,1H3. The molecule has 0 N–H and O–H groups in total. The van der Waals surface area contributed by atoms with Crippen LogP contribution in [0.5, 0.6) is 0 Å². The van der Waals surface area contributed by atoms with Gasteiger partial charge in [0.05, 0.1) is 11.3 Å². The number of halogens is 1. The van der Waals surface area contributed by atoms with Crippen LogP contribution in [0.3, 0.4) is 0 Å². The zero-order valence-corrected chi connectivity index (χ0v) is 17.9. The van der Waals surface area contributed by atoms with E-state index in [-0.39, 0.29) is 11.8 Å². The van der Waals surface area contributed by atoms with Gasteiger partial charge in [0.15, 0.2) is 0 Å². The van der Waals surface area contributed by atoms with Crippen LogP contribution in [-0.2, 0) is 22.6 Å². The van der Waals surface area contributed by atoms with E-state index in [4.69, 9.17) is 11.6 Å². The lowest BCUT2D eigenvalue weighted by atomic mass is 9.98. The Morgan fingerprint density at radius 1 is 0.806 bits per heavy atom. The van der Waals surface area contributed by atoms with Gasteiger partial charge >= 0.3 is 0 Å². The predicted molar refractivity (Wildman–Crippen MR) is 123 cm³/mol. The minimum atomic E-state index is -0.310. The van der Waals surface area contributed by atoms with Crippen LogP contribution in [0.4, 0.5) is 5.69 Å². The minimum absolute atomic E-state index is 0.298. The molecule has 4 nitrogen and oxygen atoms in total. The fourth-order valence-corrected chi connectivity index (χ4v) is 4.59. The number of carbonyl (C=O) groups excluding carboxylic acids is 2. The van der Waals surface area contributed by atoms with Crippen molar-refractivity contribution >= 4 is 34.7 Å². The van der Waals surface area contributed by atoms with Gasteiger partial charge in [-0.1, -0.05) is 72.3 Å². The van der Waals surface area contributed by atoms with Crippen molar-refractivity contribution in [2.24, 2.45) is 0 Å². The Morgan fingerprint density at radius 2 is 1.52 bits per heavy atom. The van der Waals surface area contributed by atoms with E-state index in [1.807, 2.05) is 54.3 Å². The van der Waals surface area contributed by atoms with Gasteiger partial charge in [-0.3, -0.25) is 9.59 Å². The van der Waals surface area contributed by atoms with Gasteiger partial charge in [-0.25, -0.2) is 4.90 Å². The molecule has 154 valence electrons. The lowest BCUT2D eigenvalue weighted by Gasteiger charge is -2.31. The molecule has 0 aromatic heterocycles. The molecular formula is C26H21ClN2O2. The van der Waals surface area contributed by atoms with Crippen LogP contribution < -0.4 is 4.90 Å². The molecule has 3 aromatic carbocycles. The number of nitrogens with zero attached hydrogens (tertiary/aromatic N) is 2. The molecule has 0 saturated carbocycles. The Kier molecular flexibility index (Phi) is 4.87. The highest BCUT2D eigenvalue weighted by atomic mass is 35.5. The molecular weight excluding hydrogens is 408 g/mol. The van der Waals surface area contributed by atoms with E-state index >= 15 is 0 Å². The zero-order valence-electron chi connectivity index (χ0n) is 17.1. The molecule has 0 spiro atoms. The maximum absolute atomic E-state index is 13.7. The molecule has 2 amide bonds. The third-order valence-corrected chi connectivity index (χ3v) is 6.46. The normalized spacial score (nSPS) is 16.2. The SMILES string of the molecule is Cc1c(Cl)cccc1N1C(=O)C(c2ccccc2)=C(N2CCc3ccccc3C2)C1=O. The number of hydrogen-bond donors (Lipinski definition) is 0. The summed E-state index contributed by atoms with van der Waals surface area (Å²) in [7, 11) is 0. The van der Waals surface area contributed by atoms with Crippen LogP contribution in [-0.4, -0.2) is 23.3 Å². The lowest BCUT2D eigenvalue weighted by Crippen LogP contribution is -2.37. The van der Waals surface area contributed by atoms with E-state index in [1.54, 1.807) is 18.2 Å². The van der Waals surface area contributed by atoms with Crippen molar-refractivity contribution < 1.29 is 9.59 Å². The van der Waals surface area contributed by atoms with Crippen molar-refractivity contribution in [1.82, 2.24) is 4.90 Å². The Labute approximate surface area is 186 Å². The fraction of sp³-hybridized carbons (Fsp3) is 0.154. The fourth-order valence-electron chi connectivity index (χ4n) is 4.42. The largest absolute Gasteiger partial charge is 0.362 e. The summed E-state index contributed by atoms with van der Waals surface area (Å²) >= 11 is 6.31. The monoisotopic (exact) mass is 428 g/mol. The summed E-state index contributed by atoms with van der Waals surface area (Å²) in [6.07, 6.45) is 0.833. The number of anilines is 1. The number of hydrogen-bond acceptors (Lipinski definition) is 3. The van der Waals surface area contributed by atoms with Crippen molar-refractivity contribution in [3.8, 4) is 0 Å². The van der Waals surface area contributed by atoms with E-state index in [0.717, 1.165) is 12.0 Å². The van der Waals surface area contributed by atoms with Crippen LogP contribution in [0.15, 0.2) is 78.5 Å². The van der Waals surface area contributed by atoms with Crippen LogP contribution in [0, 0.1) is 6.92 Å².